The minimum atomic E-state index is 0. The fourth-order valence-electron chi connectivity index (χ4n) is 1.43. The summed E-state index contributed by atoms with van der Waals surface area (Å²) in [5.74, 6) is 0. The van der Waals surface area contributed by atoms with Crippen molar-refractivity contribution in [3.8, 4) is 0 Å². The van der Waals surface area contributed by atoms with Gasteiger partial charge in [-0.2, -0.15) is 0 Å². The van der Waals surface area contributed by atoms with Gasteiger partial charge in [0.05, 0.1) is 12.2 Å². The molecule has 0 amide bonds. The van der Waals surface area contributed by atoms with Gasteiger partial charge in [0.25, 0.3) is 0 Å². The maximum atomic E-state index is 5.93. The van der Waals surface area contributed by atoms with E-state index < -0.39 is 0 Å². The Labute approximate surface area is 100.0 Å². The van der Waals surface area contributed by atoms with Gasteiger partial charge in [-0.1, -0.05) is 24.3 Å². The molecular formula is C14H25NO. The molecule has 0 aliphatic rings. The monoisotopic (exact) mass is 223 g/mol. The van der Waals surface area contributed by atoms with Crippen LogP contribution in [0, 0.1) is 0 Å². The molecule has 0 spiro atoms. The quantitative estimate of drug-likeness (QED) is 0.564. The van der Waals surface area contributed by atoms with Gasteiger partial charge in [-0.25, -0.2) is 0 Å². The molecule has 0 aliphatic heterocycles. The smallest absolute Gasteiger partial charge is 0.0647 e. The van der Waals surface area contributed by atoms with E-state index in [9.17, 15) is 0 Å². The molecule has 0 aliphatic carbocycles. The fourth-order valence-corrected chi connectivity index (χ4v) is 1.43. The van der Waals surface area contributed by atoms with Gasteiger partial charge in [-0.15, -0.1) is 26.3 Å². The lowest BCUT2D eigenvalue weighted by Gasteiger charge is -2.21. The van der Waals surface area contributed by atoms with E-state index in [0.29, 0.717) is 0 Å². The van der Waals surface area contributed by atoms with E-state index in [1.165, 1.54) is 0 Å². The molecule has 2 heteroatoms. The van der Waals surface area contributed by atoms with Crippen molar-refractivity contribution in [2.45, 2.75) is 37.9 Å². The summed E-state index contributed by atoms with van der Waals surface area (Å²) >= 11 is 0. The van der Waals surface area contributed by atoms with Crippen LogP contribution in [-0.2, 0) is 4.74 Å². The van der Waals surface area contributed by atoms with Gasteiger partial charge in [0.15, 0.2) is 0 Å². The van der Waals surface area contributed by atoms with Crippen LogP contribution >= 0.6 is 0 Å². The van der Waals surface area contributed by atoms with E-state index in [2.05, 4.69) is 26.3 Å². The molecule has 0 unspecified atom stereocenters. The molecule has 0 rings (SSSR count). The Bertz CT molecular complexity index is 169. The molecule has 92 valence electrons. The molecule has 0 atom stereocenters. The lowest BCUT2D eigenvalue weighted by molar-refractivity contribution is -0.00493. The van der Waals surface area contributed by atoms with Crippen LogP contribution in [0.4, 0.5) is 0 Å². The van der Waals surface area contributed by atoms with Crippen molar-refractivity contribution in [2.75, 3.05) is 0 Å². The zero-order valence-electron chi connectivity index (χ0n) is 10.2. The highest BCUT2D eigenvalue weighted by Gasteiger charge is 2.12. The van der Waals surface area contributed by atoms with Crippen LogP contribution in [-0.4, -0.2) is 12.2 Å². The first-order valence-corrected chi connectivity index (χ1v) is 5.37. The lowest BCUT2D eigenvalue weighted by Crippen LogP contribution is -2.20. The molecule has 3 N–H and O–H groups in total. The molecule has 0 radical (unpaired) electrons. The lowest BCUT2D eigenvalue weighted by atomic mass is 10.1. The predicted molar refractivity (Wildman–Crippen MR) is 72.9 cm³/mol. The molecule has 16 heavy (non-hydrogen) atoms. The number of hydrogen-bond donors (Lipinski definition) is 1. The summed E-state index contributed by atoms with van der Waals surface area (Å²) in [6, 6.07) is 0. The number of hydrogen-bond acceptors (Lipinski definition) is 2. The largest absolute Gasteiger partial charge is 0.374 e. The topological polar surface area (TPSA) is 44.2 Å². The van der Waals surface area contributed by atoms with Gasteiger partial charge < -0.3 is 10.9 Å². The van der Waals surface area contributed by atoms with E-state index in [-0.39, 0.29) is 18.4 Å². The van der Waals surface area contributed by atoms with Crippen LogP contribution in [0.2, 0.25) is 0 Å². The molecule has 0 bridgehead atoms. The van der Waals surface area contributed by atoms with E-state index in [1.807, 2.05) is 24.3 Å². The average molecular weight is 223 g/mol. The second-order valence-corrected chi connectivity index (χ2v) is 3.48. The Hall–Kier alpha value is -1.12. The third-order valence-electron chi connectivity index (χ3n) is 2.10. The van der Waals surface area contributed by atoms with Crippen molar-refractivity contribution in [1.29, 1.82) is 0 Å². The summed E-state index contributed by atoms with van der Waals surface area (Å²) in [5.41, 5.74) is 0. The standard InChI is InChI=1S/C14H22O.H3N/c1-5-9-13(10-6-2)15-14(11-7-3)12-8-4;/h5-8,13-14H,1-4,9-12H2;1H3. The molecule has 0 aromatic carbocycles. The second-order valence-electron chi connectivity index (χ2n) is 3.48. The molecule has 0 saturated heterocycles. The highest BCUT2D eigenvalue weighted by atomic mass is 16.5. The predicted octanol–water partition coefficient (Wildman–Crippen LogP) is 4.21. The summed E-state index contributed by atoms with van der Waals surface area (Å²) in [5, 5.41) is 0. The van der Waals surface area contributed by atoms with Crippen LogP contribution in [0.15, 0.2) is 50.6 Å². The van der Waals surface area contributed by atoms with Crippen LogP contribution in [0.3, 0.4) is 0 Å². The molecular weight excluding hydrogens is 198 g/mol. The van der Waals surface area contributed by atoms with Crippen molar-refractivity contribution >= 4 is 0 Å². The maximum absolute atomic E-state index is 5.93. The molecule has 0 saturated carbocycles. The van der Waals surface area contributed by atoms with E-state index >= 15 is 0 Å². The van der Waals surface area contributed by atoms with Crippen LogP contribution < -0.4 is 6.15 Å². The number of rotatable bonds is 10. The first kappa shape index (κ1) is 17.3. The van der Waals surface area contributed by atoms with Gasteiger partial charge in [0.2, 0.25) is 0 Å². The fraction of sp³-hybridized carbons (Fsp3) is 0.429. The van der Waals surface area contributed by atoms with Gasteiger partial charge in [0.1, 0.15) is 0 Å². The summed E-state index contributed by atoms with van der Waals surface area (Å²) in [6.07, 6.45) is 11.3. The Morgan fingerprint density at radius 2 is 0.938 bits per heavy atom. The van der Waals surface area contributed by atoms with Crippen molar-refractivity contribution in [2.24, 2.45) is 0 Å². The van der Waals surface area contributed by atoms with E-state index in [4.69, 9.17) is 4.74 Å². The molecule has 0 aromatic rings. The molecule has 2 nitrogen and oxygen atoms in total. The normalized spacial score (nSPS) is 9.62. The van der Waals surface area contributed by atoms with Crippen LogP contribution in [0.1, 0.15) is 25.7 Å². The van der Waals surface area contributed by atoms with Crippen molar-refractivity contribution in [1.82, 2.24) is 6.15 Å². The minimum Gasteiger partial charge on any atom is -0.374 e. The summed E-state index contributed by atoms with van der Waals surface area (Å²) < 4.78 is 5.93. The summed E-state index contributed by atoms with van der Waals surface area (Å²) in [6.45, 7) is 14.9. The third-order valence-corrected chi connectivity index (χ3v) is 2.10. The van der Waals surface area contributed by atoms with Crippen molar-refractivity contribution < 1.29 is 4.74 Å². The Morgan fingerprint density at radius 1 is 0.688 bits per heavy atom. The van der Waals surface area contributed by atoms with Crippen molar-refractivity contribution in [3.63, 3.8) is 0 Å². The van der Waals surface area contributed by atoms with E-state index in [1.54, 1.807) is 0 Å². The Balaban J connectivity index is 0. The Kier molecular flexibility index (Phi) is 12.9. The first-order chi connectivity index (χ1) is 7.28. The molecule has 0 aromatic heterocycles. The van der Waals surface area contributed by atoms with Gasteiger partial charge in [0, 0.05) is 0 Å². The SMILES string of the molecule is C=CCC(CC=C)OC(CC=C)CC=C.N. The average Bonchev–Trinajstić information content (AvgIpc) is 2.19. The van der Waals surface area contributed by atoms with Crippen LogP contribution in [0.5, 0.6) is 0 Å². The maximum Gasteiger partial charge on any atom is 0.0647 e. The zero-order valence-corrected chi connectivity index (χ0v) is 10.2. The van der Waals surface area contributed by atoms with Crippen molar-refractivity contribution in [3.05, 3.63) is 50.6 Å². The second kappa shape index (κ2) is 12.0. The zero-order chi connectivity index (χ0) is 11.5. The van der Waals surface area contributed by atoms with Crippen LogP contribution in [0.25, 0.3) is 0 Å². The molecule has 0 heterocycles. The van der Waals surface area contributed by atoms with Gasteiger partial charge in [-0.05, 0) is 25.7 Å². The highest BCUT2D eigenvalue weighted by Crippen LogP contribution is 2.14. The Morgan fingerprint density at radius 3 is 1.12 bits per heavy atom. The van der Waals surface area contributed by atoms with E-state index in [0.717, 1.165) is 25.7 Å². The van der Waals surface area contributed by atoms with Gasteiger partial charge in [-0.3, -0.25) is 0 Å². The third kappa shape index (κ3) is 8.21. The highest BCUT2D eigenvalue weighted by molar-refractivity contribution is 4.85. The summed E-state index contributed by atoms with van der Waals surface area (Å²) in [7, 11) is 0. The summed E-state index contributed by atoms with van der Waals surface area (Å²) in [4.78, 5) is 0. The molecule has 0 fully saturated rings. The first-order valence-electron chi connectivity index (χ1n) is 5.37. The van der Waals surface area contributed by atoms with Gasteiger partial charge >= 0.3 is 0 Å². The minimum absolute atomic E-state index is 0. The number of ether oxygens (including phenoxy) is 1.